The number of esters is 1. The Bertz CT molecular complexity index is 280. The molecule has 0 aromatic heterocycles. The van der Waals surface area contributed by atoms with E-state index in [0.717, 1.165) is 12.2 Å². The normalized spacial score (nSPS) is 8.53. The van der Waals surface area contributed by atoms with Crippen molar-refractivity contribution in [2.45, 2.75) is 20.8 Å². The van der Waals surface area contributed by atoms with Crippen molar-refractivity contribution in [2.24, 2.45) is 0 Å². The first kappa shape index (κ1) is 13.5. The molecule has 84 valence electrons. The highest BCUT2D eigenvalue weighted by molar-refractivity contribution is 5.89. The molecule has 0 aliphatic heterocycles. The standard InChI is InChI=1S/C10H13NO2.C2H6/c1-3-11-9-6-4-8(5-7-9)10(12)13-2;1-2/h4-7,11H,3H2,1-2H3;1-2H3. The Morgan fingerprint density at radius 2 is 1.80 bits per heavy atom. The molecule has 1 rings (SSSR count). The highest BCUT2D eigenvalue weighted by Crippen LogP contribution is 2.09. The summed E-state index contributed by atoms with van der Waals surface area (Å²) in [6, 6.07) is 7.19. The fourth-order valence-corrected chi connectivity index (χ4v) is 1.05. The first-order valence-corrected chi connectivity index (χ1v) is 5.20. The smallest absolute Gasteiger partial charge is 0.337 e. The molecule has 1 N–H and O–H groups in total. The summed E-state index contributed by atoms with van der Waals surface area (Å²) >= 11 is 0. The fourth-order valence-electron chi connectivity index (χ4n) is 1.05. The number of nitrogens with one attached hydrogen (secondary N) is 1. The van der Waals surface area contributed by atoms with Gasteiger partial charge < -0.3 is 10.1 Å². The number of hydrogen-bond acceptors (Lipinski definition) is 3. The molecule has 0 spiro atoms. The van der Waals surface area contributed by atoms with Crippen LogP contribution in [-0.2, 0) is 4.74 Å². The molecule has 3 heteroatoms. The van der Waals surface area contributed by atoms with Crippen molar-refractivity contribution in [3.05, 3.63) is 29.8 Å². The van der Waals surface area contributed by atoms with Gasteiger partial charge >= 0.3 is 5.97 Å². The monoisotopic (exact) mass is 209 g/mol. The van der Waals surface area contributed by atoms with Crippen LogP contribution in [0, 0.1) is 0 Å². The zero-order valence-electron chi connectivity index (χ0n) is 9.83. The zero-order chi connectivity index (χ0) is 11.7. The third-order valence-electron chi connectivity index (χ3n) is 1.69. The maximum absolute atomic E-state index is 11.0. The molecule has 0 saturated carbocycles. The second-order valence-corrected chi connectivity index (χ2v) is 2.60. The van der Waals surface area contributed by atoms with Gasteiger partial charge in [-0.15, -0.1) is 0 Å². The van der Waals surface area contributed by atoms with Crippen LogP contribution >= 0.6 is 0 Å². The van der Waals surface area contributed by atoms with E-state index in [2.05, 4.69) is 10.1 Å². The molecule has 0 unspecified atom stereocenters. The summed E-state index contributed by atoms with van der Waals surface area (Å²) in [5.41, 5.74) is 1.58. The molecule has 0 amide bonds. The Balaban J connectivity index is 0.000000921. The van der Waals surface area contributed by atoms with Crippen LogP contribution in [0.1, 0.15) is 31.1 Å². The summed E-state index contributed by atoms with van der Waals surface area (Å²) in [5, 5.41) is 3.14. The highest BCUT2D eigenvalue weighted by Gasteiger charge is 2.03. The van der Waals surface area contributed by atoms with Crippen molar-refractivity contribution >= 4 is 11.7 Å². The second kappa shape index (κ2) is 7.85. The minimum atomic E-state index is -0.303. The van der Waals surface area contributed by atoms with Crippen LogP contribution in [0.15, 0.2) is 24.3 Å². The van der Waals surface area contributed by atoms with Crippen molar-refractivity contribution < 1.29 is 9.53 Å². The SMILES string of the molecule is CC.CCNc1ccc(C(=O)OC)cc1. The predicted molar refractivity (Wildman–Crippen MR) is 63.3 cm³/mol. The molecule has 15 heavy (non-hydrogen) atoms. The van der Waals surface area contributed by atoms with Crippen molar-refractivity contribution in [3.63, 3.8) is 0 Å². The van der Waals surface area contributed by atoms with Crippen LogP contribution in [0.2, 0.25) is 0 Å². The number of benzene rings is 1. The van der Waals surface area contributed by atoms with E-state index in [0.29, 0.717) is 5.56 Å². The maximum Gasteiger partial charge on any atom is 0.337 e. The Kier molecular flexibility index (Phi) is 7.06. The minimum absolute atomic E-state index is 0.303. The number of methoxy groups -OCH3 is 1. The topological polar surface area (TPSA) is 38.3 Å². The number of carbonyl (C=O) groups is 1. The third-order valence-corrected chi connectivity index (χ3v) is 1.69. The lowest BCUT2D eigenvalue weighted by Gasteiger charge is -2.03. The van der Waals surface area contributed by atoms with Gasteiger partial charge in [-0.1, -0.05) is 13.8 Å². The number of hydrogen-bond donors (Lipinski definition) is 1. The molecule has 0 radical (unpaired) electrons. The van der Waals surface area contributed by atoms with E-state index in [1.165, 1.54) is 7.11 Å². The van der Waals surface area contributed by atoms with Gasteiger partial charge in [-0.2, -0.15) is 0 Å². The van der Waals surface area contributed by atoms with Gasteiger partial charge in [-0.3, -0.25) is 0 Å². The second-order valence-electron chi connectivity index (χ2n) is 2.60. The molecule has 1 aromatic carbocycles. The Morgan fingerprint density at radius 3 is 2.20 bits per heavy atom. The minimum Gasteiger partial charge on any atom is -0.465 e. The maximum atomic E-state index is 11.0. The first-order chi connectivity index (χ1) is 7.27. The fraction of sp³-hybridized carbons (Fsp3) is 0.417. The molecule has 0 fully saturated rings. The van der Waals surface area contributed by atoms with Gasteiger partial charge in [0.1, 0.15) is 0 Å². The van der Waals surface area contributed by atoms with E-state index in [1.54, 1.807) is 12.1 Å². The van der Waals surface area contributed by atoms with Crippen molar-refractivity contribution in [1.29, 1.82) is 0 Å². The summed E-state index contributed by atoms with van der Waals surface area (Å²) in [7, 11) is 1.38. The lowest BCUT2D eigenvalue weighted by atomic mass is 10.2. The Labute approximate surface area is 91.5 Å². The summed E-state index contributed by atoms with van der Waals surface area (Å²) < 4.78 is 4.58. The molecular weight excluding hydrogens is 190 g/mol. The lowest BCUT2D eigenvalue weighted by Crippen LogP contribution is -2.01. The van der Waals surface area contributed by atoms with Crippen LogP contribution < -0.4 is 5.32 Å². The summed E-state index contributed by atoms with van der Waals surface area (Å²) in [5.74, 6) is -0.303. The van der Waals surface area contributed by atoms with Gasteiger partial charge in [0.05, 0.1) is 12.7 Å². The first-order valence-electron chi connectivity index (χ1n) is 5.20. The number of ether oxygens (including phenoxy) is 1. The Hall–Kier alpha value is -1.51. The van der Waals surface area contributed by atoms with E-state index < -0.39 is 0 Å². The van der Waals surface area contributed by atoms with Crippen LogP contribution in [0.5, 0.6) is 0 Å². The lowest BCUT2D eigenvalue weighted by molar-refractivity contribution is 0.0601. The van der Waals surface area contributed by atoms with E-state index in [9.17, 15) is 4.79 Å². The van der Waals surface area contributed by atoms with Crippen molar-refractivity contribution in [3.8, 4) is 0 Å². The number of rotatable bonds is 3. The molecule has 0 aliphatic rings. The van der Waals surface area contributed by atoms with E-state index in [1.807, 2.05) is 32.9 Å². The van der Waals surface area contributed by atoms with E-state index in [-0.39, 0.29) is 5.97 Å². The predicted octanol–water partition coefficient (Wildman–Crippen LogP) is 2.93. The van der Waals surface area contributed by atoms with Crippen molar-refractivity contribution in [1.82, 2.24) is 0 Å². The molecule has 3 nitrogen and oxygen atoms in total. The van der Waals surface area contributed by atoms with E-state index >= 15 is 0 Å². The molecule has 0 saturated heterocycles. The summed E-state index contributed by atoms with van der Waals surface area (Å²) in [6.07, 6.45) is 0. The molecule has 0 bridgehead atoms. The zero-order valence-corrected chi connectivity index (χ0v) is 9.83. The molecular formula is C12H19NO2. The van der Waals surface area contributed by atoms with Crippen LogP contribution in [0.3, 0.4) is 0 Å². The molecule has 0 heterocycles. The van der Waals surface area contributed by atoms with Gasteiger partial charge in [0.25, 0.3) is 0 Å². The van der Waals surface area contributed by atoms with Gasteiger partial charge in [-0.25, -0.2) is 4.79 Å². The number of carbonyl (C=O) groups excluding carboxylic acids is 1. The third kappa shape index (κ3) is 4.49. The molecule has 0 aliphatic carbocycles. The molecule has 0 atom stereocenters. The van der Waals surface area contributed by atoms with Gasteiger partial charge in [0, 0.05) is 12.2 Å². The average Bonchev–Trinajstić information content (AvgIpc) is 2.32. The van der Waals surface area contributed by atoms with Crippen LogP contribution in [0.4, 0.5) is 5.69 Å². The molecule has 1 aromatic rings. The number of anilines is 1. The summed E-state index contributed by atoms with van der Waals surface area (Å²) in [4.78, 5) is 11.0. The van der Waals surface area contributed by atoms with Gasteiger partial charge in [0.2, 0.25) is 0 Å². The van der Waals surface area contributed by atoms with Crippen molar-refractivity contribution in [2.75, 3.05) is 19.0 Å². The Morgan fingerprint density at radius 1 is 1.27 bits per heavy atom. The van der Waals surface area contributed by atoms with Crippen LogP contribution in [-0.4, -0.2) is 19.6 Å². The largest absolute Gasteiger partial charge is 0.465 e. The average molecular weight is 209 g/mol. The van der Waals surface area contributed by atoms with Gasteiger partial charge in [-0.05, 0) is 31.2 Å². The highest BCUT2D eigenvalue weighted by atomic mass is 16.5. The van der Waals surface area contributed by atoms with E-state index in [4.69, 9.17) is 0 Å². The quantitative estimate of drug-likeness (QED) is 0.778. The summed E-state index contributed by atoms with van der Waals surface area (Å²) in [6.45, 7) is 6.89. The van der Waals surface area contributed by atoms with Gasteiger partial charge in [0.15, 0.2) is 0 Å². The van der Waals surface area contributed by atoms with Crippen LogP contribution in [0.25, 0.3) is 0 Å².